The molecule has 1 aromatic rings. The summed E-state index contributed by atoms with van der Waals surface area (Å²) in [5, 5.41) is 0. The number of hydrogen-bond acceptors (Lipinski definition) is 5. The van der Waals surface area contributed by atoms with Crippen molar-refractivity contribution in [3.63, 3.8) is 0 Å². The topological polar surface area (TPSA) is 72.5 Å². The lowest BCUT2D eigenvalue weighted by Crippen LogP contribution is -2.25. The van der Waals surface area contributed by atoms with Crippen molar-refractivity contribution < 1.29 is 17.9 Å². The molecule has 0 unspecified atom stereocenters. The molecule has 8 heteroatoms. The molecule has 0 saturated heterocycles. The van der Waals surface area contributed by atoms with E-state index in [9.17, 15) is 13.2 Å². The van der Waals surface area contributed by atoms with Crippen molar-refractivity contribution >= 4 is 38.9 Å². The number of methoxy groups -OCH3 is 1. The van der Waals surface area contributed by atoms with Crippen molar-refractivity contribution in [1.29, 1.82) is 0 Å². The first-order valence-corrected chi connectivity index (χ1v) is 7.37. The molecule has 0 aromatic carbocycles. The normalized spacial score (nSPS) is 11.5. The standard InChI is InChI=1S/C9H12ClNO4S2/c1-6-5-8(16-9(6)10)17(13,14)11-4-3-7(12)15-2/h5,11H,3-4H2,1-2H3. The van der Waals surface area contributed by atoms with Crippen LogP contribution in [0.1, 0.15) is 12.0 Å². The summed E-state index contributed by atoms with van der Waals surface area (Å²) in [6.45, 7) is 1.73. The largest absolute Gasteiger partial charge is 0.469 e. The van der Waals surface area contributed by atoms with E-state index in [1.165, 1.54) is 13.2 Å². The van der Waals surface area contributed by atoms with Crippen molar-refractivity contribution in [2.24, 2.45) is 0 Å². The van der Waals surface area contributed by atoms with Gasteiger partial charge in [0.05, 0.1) is 17.9 Å². The maximum absolute atomic E-state index is 11.8. The highest BCUT2D eigenvalue weighted by molar-refractivity contribution is 7.91. The van der Waals surface area contributed by atoms with E-state index in [1.54, 1.807) is 6.92 Å². The third kappa shape index (κ3) is 3.95. The minimum absolute atomic E-state index is 0.00354. The van der Waals surface area contributed by atoms with Crippen LogP contribution in [0, 0.1) is 6.92 Å². The second-order valence-electron chi connectivity index (χ2n) is 3.25. The smallest absolute Gasteiger partial charge is 0.306 e. The molecule has 1 rings (SSSR count). The number of hydrogen-bond donors (Lipinski definition) is 1. The fourth-order valence-electron chi connectivity index (χ4n) is 1.02. The molecule has 0 aliphatic rings. The molecule has 0 aliphatic carbocycles. The molecule has 0 aliphatic heterocycles. The SMILES string of the molecule is COC(=O)CCNS(=O)(=O)c1cc(C)c(Cl)s1. The Balaban J connectivity index is 2.66. The Morgan fingerprint density at radius 1 is 1.59 bits per heavy atom. The van der Waals surface area contributed by atoms with Crippen molar-refractivity contribution in [1.82, 2.24) is 4.72 Å². The number of carbonyl (C=O) groups is 1. The van der Waals surface area contributed by atoms with Crippen LogP contribution in [0.4, 0.5) is 0 Å². The van der Waals surface area contributed by atoms with Crippen LogP contribution in [0.5, 0.6) is 0 Å². The lowest BCUT2D eigenvalue weighted by atomic mass is 10.4. The summed E-state index contributed by atoms with van der Waals surface area (Å²) in [7, 11) is -2.34. The van der Waals surface area contributed by atoms with Crippen molar-refractivity contribution in [2.75, 3.05) is 13.7 Å². The molecule has 0 atom stereocenters. The minimum atomic E-state index is -3.59. The van der Waals surface area contributed by atoms with Gasteiger partial charge >= 0.3 is 5.97 Å². The number of thiophene rings is 1. The van der Waals surface area contributed by atoms with E-state index >= 15 is 0 Å². The number of sulfonamides is 1. The van der Waals surface area contributed by atoms with Crippen LogP contribution in [0.3, 0.4) is 0 Å². The van der Waals surface area contributed by atoms with Crippen LogP contribution in [-0.4, -0.2) is 28.0 Å². The van der Waals surface area contributed by atoms with Gasteiger partial charge in [0, 0.05) is 6.54 Å². The predicted octanol–water partition coefficient (Wildman–Crippen LogP) is 1.55. The van der Waals surface area contributed by atoms with Crippen LogP contribution in [0.15, 0.2) is 10.3 Å². The van der Waals surface area contributed by atoms with Gasteiger partial charge in [-0.2, -0.15) is 0 Å². The van der Waals surface area contributed by atoms with E-state index in [1.807, 2.05) is 0 Å². The van der Waals surface area contributed by atoms with Crippen molar-refractivity contribution in [2.45, 2.75) is 17.6 Å². The lowest BCUT2D eigenvalue weighted by molar-refractivity contribution is -0.140. The fourth-order valence-corrected chi connectivity index (χ4v) is 3.81. The molecule has 96 valence electrons. The molecular weight excluding hydrogens is 286 g/mol. The second-order valence-corrected chi connectivity index (χ2v) is 6.89. The van der Waals surface area contributed by atoms with Gasteiger partial charge in [-0.25, -0.2) is 13.1 Å². The van der Waals surface area contributed by atoms with Gasteiger partial charge in [-0.1, -0.05) is 11.6 Å². The molecule has 0 radical (unpaired) electrons. The summed E-state index contributed by atoms with van der Waals surface area (Å²) in [5.74, 6) is -0.465. The van der Waals surface area contributed by atoms with Crippen LogP contribution in [0.25, 0.3) is 0 Å². The first-order valence-electron chi connectivity index (χ1n) is 4.69. The summed E-state index contributed by atoms with van der Waals surface area (Å²) in [6.07, 6.45) is -0.00613. The molecule has 0 fully saturated rings. The Morgan fingerprint density at radius 3 is 2.71 bits per heavy atom. The molecule has 0 bridgehead atoms. The highest BCUT2D eigenvalue weighted by atomic mass is 35.5. The Bertz CT molecular complexity index is 490. The summed E-state index contributed by atoms with van der Waals surface area (Å²) in [6, 6.07) is 1.49. The summed E-state index contributed by atoms with van der Waals surface area (Å²) < 4.78 is 30.8. The number of halogens is 1. The first kappa shape index (κ1) is 14.4. The third-order valence-corrected chi connectivity index (χ3v) is 5.44. The number of nitrogens with one attached hydrogen (secondary N) is 1. The van der Waals surface area contributed by atoms with Gasteiger partial charge in [0.2, 0.25) is 10.0 Å². The number of carbonyl (C=O) groups excluding carboxylic acids is 1. The zero-order valence-electron chi connectivity index (χ0n) is 9.32. The van der Waals surface area contributed by atoms with Crippen LogP contribution in [-0.2, 0) is 19.6 Å². The van der Waals surface area contributed by atoms with Gasteiger partial charge in [0.25, 0.3) is 0 Å². The molecule has 1 aromatic heterocycles. The third-order valence-electron chi connectivity index (χ3n) is 1.95. The first-order chi connectivity index (χ1) is 7.86. The number of rotatable bonds is 5. The number of esters is 1. The highest BCUT2D eigenvalue weighted by Crippen LogP contribution is 2.29. The Labute approximate surface area is 109 Å². The van der Waals surface area contributed by atoms with Gasteiger partial charge in [0.1, 0.15) is 4.21 Å². The van der Waals surface area contributed by atoms with Gasteiger partial charge in [-0.05, 0) is 18.6 Å². The Morgan fingerprint density at radius 2 is 2.24 bits per heavy atom. The summed E-state index contributed by atoms with van der Waals surface area (Å²) in [5.41, 5.74) is 0.713. The second kappa shape index (κ2) is 5.81. The Kier molecular flexibility index (Phi) is 4.93. The molecule has 0 amide bonds. The lowest BCUT2D eigenvalue weighted by Gasteiger charge is -2.03. The van der Waals surface area contributed by atoms with E-state index < -0.39 is 16.0 Å². The van der Waals surface area contributed by atoms with Gasteiger partial charge in [-0.3, -0.25) is 4.79 Å². The van der Waals surface area contributed by atoms with Gasteiger partial charge in [-0.15, -0.1) is 11.3 Å². The molecule has 5 nitrogen and oxygen atoms in total. The molecule has 17 heavy (non-hydrogen) atoms. The quantitative estimate of drug-likeness (QED) is 0.837. The number of ether oxygens (including phenoxy) is 1. The van der Waals surface area contributed by atoms with Crippen LogP contribution >= 0.6 is 22.9 Å². The van der Waals surface area contributed by atoms with Crippen LogP contribution < -0.4 is 4.72 Å². The maximum atomic E-state index is 11.8. The maximum Gasteiger partial charge on any atom is 0.306 e. The van der Waals surface area contributed by atoms with E-state index in [2.05, 4.69) is 9.46 Å². The average Bonchev–Trinajstić information content (AvgIpc) is 2.59. The highest BCUT2D eigenvalue weighted by Gasteiger charge is 2.18. The molecule has 0 spiro atoms. The van der Waals surface area contributed by atoms with Crippen molar-refractivity contribution in [3.8, 4) is 0 Å². The van der Waals surface area contributed by atoms with Gasteiger partial charge < -0.3 is 4.74 Å². The number of aryl methyl sites for hydroxylation is 1. The van der Waals surface area contributed by atoms with Crippen LogP contribution in [0.2, 0.25) is 4.34 Å². The van der Waals surface area contributed by atoms with Crippen molar-refractivity contribution in [3.05, 3.63) is 16.0 Å². The zero-order valence-corrected chi connectivity index (χ0v) is 11.7. The average molecular weight is 298 g/mol. The van der Waals surface area contributed by atoms with E-state index in [0.717, 1.165) is 11.3 Å². The molecule has 1 N–H and O–H groups in total. The zero-order chi connectivity index (χ0) is 13.1. The summed E-state index contributed by atoms with van der Waals surface area (Å²) in [4.78, 5) is 10.8. The van der Waals surface area contributed by atoms with Gasteiger partial charge in [0.15, 0.2) is 0 Å². The monoisotopic (exact) mass is 297 g/mol. The minimum Gasteiger partial charge on any atom is -0.469 e. The van der Waals surface area contributed by atoms with E-state index in [-0.39, 0.29) is 17.2 Å². The molecule has 1 heterocycles. The molecule has 0 saturated carbocycles. The predicted molar refractivity (Wildman–Crippen MR) is 65.9 cm³/mol. The Hall–Kier alpha value is -0.630. The molecular formula is C9H12ClNO4S2. The van der Waals surface area contributed by atoms with E-state index in [0.29, 0.717) is 9.90 Å². The fraction of sp³-hybridized carbons (Fsp3) is 0.444. The summed E-state index contributed by atoms with van der Waals surface area (Å²) >= 11 is 6.78. The van der Waals surface area contributed by atoms with E-state index in [4.69, 9.17) is 11.6 Å².